The summed E-state index contributed by atoms with van der Waals surface area (Å²) in [5, 5.41) is 1.47. The van der Waals surface area contributed by atoms with E-state index in [1.165, 1.54) is 30.2 Å². The molecule has 104 valence electrons. The van der Waals surface area contributed by atoms with Crippen molar-refractivity contribution < 1.29 is 0 Å². The largest absolute Gasteiger partial charge is 0.345 e. The number of rotatable bonds is 2. The molecule has 3 rings (SSSR count). The fraction of sp³-hybridized carbons (Fsp3) is 0.500. The molecule has 19 heavy (non-hydrogen) atoms. The summed E-state index contributed by atoms with van der Waals surface area (Å²) in [5.74, 6) is 0. The molecule has 1 heterocycles. The zero-order chi connectivity index (χ0) is 12.7. The van der Waals surface area contributed by atoms with Gasteiger partial charge in [0.2, 0.25) is 0 Å². The van der Waals surface area contributed by atoms with Crippen LogP contribution in [0.4, 0.5) is 0 Å². The van der Waals surface area contributed by atoms with Crippen molar-refractivity contribution in [3.05, 3.63) is 35.5 Å². The Kier molecular flexibility index (Phi) is 4.22. The first-order valence-corrected chi connectivity index (χ1v) is 6.97. The second-order valence-electron chi connectivity index (χ2n) is 5.55. The molecule has 0 amide bonds. The van der Waals surface area contributed by atoms with E-state index in [2.05, 4.69) is 54.8 Å². The van der Waals surface area contributed by atoms with E-state index < -0.39 is 0 Å². The minimum absolute atomic E-state index is 0. The summed E-state index contributed by atoms with van der Waals surface area (Å²) in [6.07, 6.45) is 3.72. The first-order chi connectivity index (χ1) is 8.72. The van der Waals surface area contributed by atoms with Crippen LogP contribution < -0.4 is 0 Å². The SMILES string of the molecule is CCn1c2c(c3ccccc31)CC(N(C)C)CC2.Cl. The summed E-state index contributed by atoms with van der Waals surface area (Å²) in [4.78, 5) is 2.38. The Morgan fingerprint density at radius 2 is 2.00 bits per heavy atom. The molecule has 1 aliphatic rings. The van der Waals surface area contributed by atoms with Crippen molar-refractivity contribution in [2.45, 2.75) is 38.8 Å². The summed E-state index contributed by atoms with van der Waals surface area (Å²) in [6.45, 7) is 3.34. The van der Waals surface area contributed by atoms with Crippen molar-refractivity contribution in [3.63, 3.8) is 0 Å². The molecule has 0 fully saturated rings. The summed E-state index contributed by atoms with van der Waals surface area (Å²) in [6, 6.07) is 9.58. The van der Waals surface area contributed by atoms with E-state index in [1.807, 2.05) is 0 Å². The van der Waals surface area contributed by atoms with Gasteiger partial charge >= 0.3 is 0 Å². The molecule has 2 nitrogen and oxygen atoms in total. The Hall–Kier alpha value is -0.990. The minimum atomic E-state index is 0. The maximum Gasteiger partial charge on any atom is 0.0485 e. The van der Waals surface area contributed by atoms with E-state index in [0.717, 1.165) is 6.54 Å². The zero-order valence-corrected chi connectivity index (χ0v) is 12.8. The van der Waals surface area contributed by atoms with Gasteiger partial charge in [-0.3, -0.25) is 0 Å². The molecule has 0 N–H and O–H groups in total. The molecule has 1 aromatic carbocycles. The van der Waals surface area contributed by atoms with Gasteiger partial charge in [0.25, 0.3) is 0 Å². The van der Waals surface area contributed by atoms with Crippen molar-refractivity contribution in [2.75, 3.05) is 14.1 Å². The van der Waals surface area contributed by atoms with Gasteiger partial charge in [0, 0.05) is 29.2 Å². The molecule has 3 heteroatoms. The van der Waals surface area contributed by atoms with E-state index in [0.29, 0.717) is 6.04 Å². The van der Waals surface area contributed by atoms with Crippen LogP contribution in [0.15, 0.2) is 24.3 Å². The number of nitrogens with zero attached hydrogens (tertiary/aromatic N) is 2. The number of benzene rings is 1. The van der Waals surface area contributed by atoms with Crippen LogP contribution >= 0.6 is 12.4 Å². The number of aromatic nitrogens is 1. The van der Waals surface area contributed by atoms with Gasteiger partial charge in [0.1, 0.15) is 0 Å². The van der Waals surface area contributed by atoms with E-state index >= 15 is 0 Å². The van der Waals surface area contributed by atoms with Crippen LogP contribution in [0, 0.1) is 0 Å². The fourth-order valence-corrected chi connectivity index (χ4v) is 3.38. The maximum atomic E-state index is 2.51. The highest BCUT2D eigenvalue weighted by atomic mass is 35.5. The highest BCUT2D eigenvalue weighted by Gasteiger charge is 2.25. The Labute approximate surface area is 121 Å². The van der Waals surface area contributed by atoms with Crippen LogP contribution in [-0.4, -0.2) is 29.6 Å². The Morgan fingerprint density at radius 1 is 1.26 bits per heavy atom. The zero-order valence-electron chi connectivity index (χ0n) is 12.0. The highest BCUT2D eigenvalue weighted by molar-refractivity contribution is 5.86. The van der Waals surface area contributed by atoms with Crippen LogP contribution in [0.3, 0.4) is 0 Å². The van der Waals surface area contributed by atoms with Crippen molar-refractivity contribution in [1.82, 2.24) is 9.47 Å². The molecule has 1 aromatic heterocycles. The van der Waals surface area contributed by atoms with Crippen molar-refractivity contribution in [1.29, 1.82) is 0 Å². The maximum absolute atomic E-state index is 2.51. The summed E-state index contributed by atoms with van der Waals surface area (Å²) >= 11 is 0. The molecular formula is C16H23ClN2. The Bertz CT molecular complexity index is 571. The number of halogens is 1. The molecule has 1 aliphatic carbocycles. The molecule has 1 unspecified atom stereocenters. The smallest absolute Gasteiger partial charge is 0.0485 e. The number of aryl methyl sites for hydroxylation is 1. The van der Waals surface area contributed by atoms with Gasteiger partial charge in [-0.1, -0.05) is 18.2 Å². The standard InChI is InChI=1S/C16H22N2.ClH/c1-4-18-15-8-6-5-7-13(15)14-11-12(17(2)3)9-10-16(14)18;/h5-8,12H,4,9-11H2,1-3H3;1H. The second-order valence-corrected chi connectivity index (χ2v) is 5.55. The summed E-state index contributed by atoms with van der Waals surface area (Å²) in [7, 11) is 4.41. The van der Waals surface area contributed by atoms with Crippen molar-refractivity contribution in [3.8, 4) is 0 Å². The van der Waals surface area contributed by atoms with Crippen LogP contribution in [0.5, 0.6) is 0 Å². The average Bonchev–Trinajstić information content (AvgIpc) is 2.71. The van der Waals surface area contributed by atoms with Gasteiger partial charge in [-0.05, 0) is 51.9 Å². The Balaban J connectivity index is 0.00000133. The lowest BCUT2D eigenvalue weighted by atomic mass is 9.91. The quantitative estimate of drug-likeness (QED) is 0.816. The average molecular weight is 279 g/mol. The highest BCUT2D eigenvalue weighted by Crippen LogP contribution is 2.33. The molecule has 0 saturated carbocycles. The molecular weight excluding hydrogens is 256 g/mol. The summed E-state index contributed by atoms with van der Waals surface area (Å²) < 4.78 is 2.51. The molecule has 0 spiro atoms. The summed E-state index contributed by atoms with van der Waals surface area (Å²) in [5.41, 5.74) is 4.60. The third-order valence-corrected chi connectivity index (χ3v) is 4.39. The fourth-order valence-electron chi connectivity index (χ4n) is 3.38. The van der Waals surface area contributed by atoms with Crippen LogP contribution in [0.2, 0.25) is 0 Å². The van der Waals surface area contributed by atoms with Gasteiger partial charge in [0.15, 0.2) is 0 Å². The Morgan fingerprint density at radius 3 is 2.68 bits per heavy atom. The van der Waals surface area contributed by atoms with E-state index in [4.69, 9.17) is 0 Å². The van der Waals surface area contributed by atoms with E-state index in [-0.39, 0.29) is 12.4 Å². The van der Waals surface area contributed by atoms with Gasteiger partial charge in [-0.2, -0.15) is 0 Å². The minimum Gasteiger partial charge on any atom is -0.345 e. The lowest BCUT2D eigenvalue weighted by Crippen LogP contribution is -2.33. The monoisotopic (exact) mass is 278 g/mol. The second kappa shape index (κ2) is 5.56. The molecule has 0 aliphatic heterocycles. The molecule has 0 saturated heterocycles. The van der Waals surface area contributed by atoms with Crippen LogP contribution in [-0.2, 0) is 19.4 Å². The lowest BCUT2D eigenvalue weighted by molar-refractivity contribution is 0.266. The van der Waals surface area contributed by atoms with Crippen molar-refractivity contribution in [2.24, 2.45) is 0 Å². The molecule has 1 atom stereocenters. The topological polar surface area (TPSA) is 8.17 Å². The van der Waals surface area contributed by atoms with Crippen LogP contribution in [0.1, 0.15) is 24.6 Å². The number of fused-ring (bicyclic) bond motifs is 3. The number of hydrogen-bond donors (Lipinski definition) is 0. The molecule has 0 bridgehead atoms. The predicted octanol–water partition coefficient (Wildman–Crippen LogP) is 3.50. The molecule has 2 aromatic rings. The van der Waals surface area contributed by atoms with Gasteiger partial charge in [-0.25, -0.2) is 0 Å². The first kappa shape index (κ1) is 14.4. The van der Waals surface area contributed by atoms with Gasteiger partial charge in [-0.15, -0.1) is 12.4 Å². The molecule has 0 radical (unpaired) electrons. The van der Waals surface area contributed by atoms with Crippen molar-refractivity contribution >= 4 is 23.3 Å². The first-order valence-electron chi connectivity index (χ1n) is 6.97. The number of likely N-dealkylation sites (N-methyl/N-ethyl adjacent to an activating group) is 1. The lowest BCUT2D eigenvalue weighted by Gasteiger charge is -2.29. The van der Waals surface area contributed by atoms with Gasteiger partial charge in [0.05, 0.1) is 0 Å². The van der Waals surface area contributed by atoms with Gasteiger partial charge < -0.3 is 9.47 Å². The number of para-hydroxylation sites is 1. The third kappa shape index (κ3) is 2.28. The predicted molar refractivity (Wildman–Crippen MR) is 84.4 cm³/mol. The van der Waals surface area contributed by atoms with E-state index in [9.17, 15) is 0 Å². The number of hydrogen-bond acceptors (Lipinski definition) is 1. The normalized spacial score (nSPS) is 18.4. The van der Waals surface area contributed by atoms with Crippen LogP contribution in [0.25, 0.3) is 10.9 Å². The van der Waals surface area contributed by atoms with E-state index in [1.54, 1.807) is 11.3 Å². The third-order valence-electron chi connectivity index (χ3n) is 4.39.